The first kappa shape index (κ1) is 15.3. The van der Waals surface area contributed by atoms with E-state index in [1.807, 2.05) is 18.0 Å². The molecule has 0 aliphatic carbocycles. The highest BCUT2D eigenvalue weighted by Gasteiger charge is 2.07. The molecule has 0 amide bonds. The van der Waals surface area contributed by atoms with Crippen LogP contribution in [0.2, 0.25) is 0 Å². The number of hydrogen-bond acceptors (Lipinski definition) is 5. The molecule has 0 bridgehead atoms. The van der Waals surface area contributed by atoms with E-state index in [9.17, 15) is 0 Å². The maximum absolute atomic E-state index is 8.61. The second-order valence-electron chi connectivity index (χ2n) is 3.97. The van der Waals surface area contributed by atoms with Crippen LogP contribution in [0.25, 0.3) is 0 Å². The molecule has 0 saturated heterocycles. The van der Waals surface area contributed by atoms with Gasteiger partial charge in [-0.3, -0.25) is 0 Å². The molecule has 5 nitrogen and oxygen atoms in total. The maximum Gasteiger partial charge on any atom is 0.133 e. The summed E-state index contributed by atoms with van der Waals surface area (Å²) in [7, 11) is 1.97. The van der Waals surface area contributed by atoms with E-state index in [-0.39, 0.29) is 6.61 Å². The number of halogens is 1. The standard InChI is InChI=1S/C12H20BrN3O2/c1-3-4-11-14-10(13)9-12(15-11)16(2)5-7-18-8-6-17/h9,17H,3-8H2,1-2H3. The summed E-state index contributed by atoms with van der Waals surface area (Å²) in [5, 5.41) is 8.61. The molecule has 102 valence electrons. The molecule has 18 heavy (non-hydrogen) atoms. The van der Waals surface area contributed by atoms with Crippen molar-refractivity contribution in [3.63, 3.8) is 0 Å². The lowest BCUT2D eigenvalue weighted by molar-refractivity contribution is 0.0970. The minimum absolute atomic E-state index is 0.0589. The van der Waals surface area contributed by atoms with Crippen LogP contribution >= 0.6 is 15.9 Å². The Kier molecular flexibility index (Phi) is 7.15. The molecular weight excluding hydrogens is 298 g/mol. The number of hydrogen-bond donors (Lipinski definition) is 1. The zero-order chi connectivity index (χ0) is 13.4. The Morgan fingerprint density at radius 2 is 2.17 bits per heavy atom. The van der Waals surface area contributed by atoms with Gasteiger partial charge in [0, 0.05) is 26.1 Å². The Morgan fingerprint density at radius 3 is 2.83 bits per heavy atom. The van der Waals surface area contributed by atoms with Crippen molar-refractivity contribution in [3.8, 4) is 0 Å². The van der Waals surface area contributed by atoms with Gasteiger partial charge in [0.2, 0.25) is 0 Å². The SMILES string of the molecule is CCCc1nc(Br)cc(N(C)CCOCCO)n1. The van der Waals surface area contributed by atoms with Crippen LogP contribution in [-0.2, 0) is 11.2 Å². The van der Waals surface area contributed by atoms with Gasteiger partial charge < -0.3 is 14.7 Å². The Labute approximate surface area is 116 Å². The predicted molar refractivity (Wildman–Crippen MR) is 74.9 cm³/mol. The predicted octanol–water partition coefficient (Wildman–Crippen LogP) is 1.64. The van der Waals surface area contributed by atoms with Crippen molar-refractivity contribution < 1.29 is 9.84 Å². The van der Waals surface area contributed by atoms with Crippen LogP contribution in [0.5, 0.6) is 0 Å². The van der Waals surface area contributed by atoms with Crippen LogP contribution in [0.1, 0.15) is 19.2 Å². The summed E-state index contributed by atoms with van der Waals surface area (Å²) in [4.78, 5) is 10.8. The van der Waals surface area contributed by atoms with Crippen LogP contribution in [0, 0.1) is 0 Å². The van der Waals surface area contributed by atoms with E-state index in [1.165, 1.54) is 0 Å². The smallest absolute Gasteiger partial charge is 0.133 e. The van der Waals surface area contributed by atoms with E-state index >= 15 is 0 Å². The first-order valence-corrected chi connectivity index (χ1v) is 6.90. The minimum atomic E-state index is 0.0589. The van der Waals surface area contributed by atoms with Gasteiger partial charge in [0.1, 0.15) is 16.2 Å². The Bertz CT molecular complexity index is 363. The third kappa shape index (κ3) is 5.29. The summed E-state index contributed by atoms with van der Waals surface area (Å²) in [5.41, 5.74) is 0. The molecule has 0 spiro atoms. The Morgan fingerprint density at radius 1 is 1.39 bits per heavy atom. The fraction of sp³-hybridized carbons (Fsp3) is 0.667. The molecule has 1 heterocycles. The molecule has 0 atom stereocenters. The van der Waals surface area contributed by atoms with E-state index in [0.29, 0.717) is 13.2 Å². The number of anilines is 1. The fourth-order valence-electron chi connectivity index (χ4n) is 1.47. The van der Waals surface area contributed by atoms with Crippen molar-refractivity contribution in [2.75, 3.05) is 38.3 Å². The highest BCUT2D eigenvalue weighted by Crippen LogP contribution is 2.16. The molecule has 1 aromatic rings. The van der Waals surface area contributed by atoms with E-state index < -0.39 is 0 Å². The molecule has 0 saturated carbocycles. The highest BCUT2D eigenvalue weighted by atomic mass is 79.9. The summed E-state index contributed by atoms with van der Waals surface area (Å²) >= 11 is 3.40. The topological polar surface area (TPSA) is 58.5 Å². The van der Waals surface area contributed by atoms with E-state index in [0.717, 1.165) is 35.6 Å². The average Bonchev–Trinajstić information content (AvgIpc) is 2.34. The molecule has 1 N–H and O–H groups in total. The second-order valence-corrected chi connectivity index (χ2v) is 4.79. The van der Waals surface area contributed by atoms with Gasteiger partial charge in [-0.1, -0.05) is 6.92 Å². The number of aromatic nitrogens is 2. The number of rotatable bonds is 8. The lowest BCUT2D eigenvalue weighted by Crippen LogP contribution is -2.24. The number of likely N-dealkylation sites (N-methyl/N-ethyl adjacent to an activating group) is 1. The number of aryl methyl sites for hydroxylation is 1. The van der Waals surface area contributed by atoms with Crippen molar-refractivity contribution in [1.82, 2.24) is 9.97 Å². The monoisotopic (exact) mass is 317 g/mol. The molecule has 1 rings (SSSR count). The molecule has 0 aliphatic rings. The summed E-state index contributed by atoms with van der Waals surface area (Å²) < 4.78 is 6.04. The van der Waals surface area contributed by atoms with Gasteiger partial charge in [-0.05, 0) is 22.4 Å². The van der Waals surface area contributed by atoms with Crippen molar-refractivity contribution in [3.05, 3.63) is 16.5 Å². The zero-order valence-corrected chi connectivity index (χ0v) is 12.5. The number of aliphatic hydroxyl groups is 1. The van der Waals surface area contributed by atoms with Crippen molar-refractivity contribution in [1.29, 1.82) is 0 Å². The van der Waals surface area contributed by atoms with Crippen LogP contribution in [-0.4, -0.2) is 48.5 Å². The molecule has 0 aromatic carbocycles. The zero-order valence-electron chi connectivity index (χ0n) is 10.9. The van der Waals surface area contributed by atoms with Crippen LogP contribution in [0.15, 0.2) is 10.7 Å². The van der Waals surface area contributed by atoms with Gasteiger partial charge >= 0.3 is 0 Å². The number of ether oxygens (including phenoxy) is 1. The summed E-state index contributed by atoms with van der Waals surface area (Å²) in [6.07, 6.45) is 1.90. The van der Waals surface area contributed by atoms with Crippen LogP contribution < -0.4 is 4.90 Å². The highest BCUT2D eigenvalue weighted by molar-refractivity contribution is 9.10. The molecule has 0 fully saturated rings. The first-order chi connectivity index (χ1) is 8.67. The minimum Gasteiger partial charge on any atom is -0.394 e. The molecule has 6 heteroatoms. The van der Waals surface area contributed by atoms with Crippen molar-refractivity contribution in [2.45, 2.75) is 19.8 Å². The quantitative estimate of drug-likeness (QED) is 0.583. The van der Waals surface area contributed by atoms with Gasteiger partial charge in [0.25, 0.3) is 0 Å². The largest absolute Gasteiger partial charge is 0.394 e. The van der Waals surface area contributed by atoms with E-state index in [4.69, 9.17) is 9.84 Å². The molecule has 1 aromatic heterocycles. The van der Waals surface area contributed by atoms with Crippen molar-refractivity contribution in [2.24, 2.45) is 0 Å². The van der Waals surface area contributed by atoms with Gasteiger partial charge in [0.15, 0.2) is 0 Å². The third-order valence-electron chi connectivity index (χ3n) is 2.40. The molecule has 0 aliphatic heterocycles. The van der Waals surface area contributed by atoms with Crippen LogP contribution in [0.4, 0.5) is 5.82 Å². The second kappa shape index (κ2) is 8.39. The Balaban J connectivity index is 2.58. The lowest BCUT2D eigenvalue weighted by Gasteiger charge is -2.18. The van der Waals surface area contributed by atoms with Crippen molar-refractivity contribution >= 4 is 21.7 Å². The van der Waals surface area contributed by atoms with Gasteiger partial charge in [-0.2, -0.15) is 0 Å². The number of aliphatic hydroxyl groups excluding tert-OH is 1. The number of nitrogens with zero attached hydrogens (tertiary/aromatic N) is 3. The van der Waals surface area contributed by atoms with Crippen LogP contribution in [0.3, 0.4) is 0 Å². The van der Waals surface area contributed by atoms with Gasteiger partial charge in [0.05, 0.1) is 19.8 Å². The Hall–Kier alpha value is -0.720. The average molecular weight is 318 g/mol. The third-order valence-corrected chi connectivity index (χ3v) is 2.81. The summed E-state index contributed by atoms with van der Waals surface area (Å²) in [6, 6.07) is 1.89. The summed E-state index contributed by atoms with van der Waals surface area (Å²) in [6.45, 7) is 3.85. The molecule has 0 unspecified atom stereocenters. The first-order valence-electron chi connectivity index (χ1n) is 6.10. The van der Waals surface area contributed by atoms with Gasteiger partial charge in [-0.25, -0.2) is 9.97 Å². The molecule has 0 radical (unpaired) electrons. The maximum atomic E-state index is 8.61. The fourth-order valence-corrected chi connectivity index (χ4v) is 1.87. The lowest BCUT2D eigenvalue weighted by atomic mass is 10.3. The van der Waals surface area contributed by atoms with E-state index in [2.05, 4.69) is 32.8 Å². The molecular formula is C12H20BrN3O2. The summed E-state index contributed by atoms with van der Waals surface area (Å²) in [5.74, 6) is 1.73. The van der Waals surface area contributed by atoms with E-state index in [1.54, 1.807) is 0 Å². The van der Waals surface area contributed by atoms with Gasteiger partial charge in [-0.15, -0.1) is 0 Å². The normalized spacial score (nSPS) is 10.7.